The predicted octanol–water partition coefficient (Wildman–Crippen LogP) is 0.317. The molecule has 1 aliphatic heterocycles. The predicted molar refractivity (Wildman–Crippen MR) is 63.7 cm³/mol. The number of rotatable bonds is 8. The fraction of sp³-hybridized carbons (Fsp3) is 0.917. The van der Waals surface area contributed by atoms with Crippen LogP contribution in [0.4, 0.5) is 0 Å². The van der Waals surface area contributed by atoms with Crippen LogP contribution in [-0.2, 0) is 14.3 Å². The lowest BCUT2D eigenvalue weighted by atomic mass is 9.99. The number of aliphatic hydroxyl groups excluding tert-OH is 1. The Labute approximate surface area is 102 Å². The highest BCUT2D eigenvalue weighted by Gasteiger charge is 2.32. The van der Waals surface area contributed by atoms with Crippen molar-refractivity contribution in [2.75, 3.05) is 33.0 Å². The Morgan fingerprint density at radius 1 is 1.53 bits per heavy atom. The molecule has 1 rings (SSSR count). The van der Waals surface area contributed by atoms with E-state index < -0.39 is 0 Å². The Bertz CT molecular complexity index is 223. The van der Waals surface area contributed by atoms with Gasteiger partial charge in [-0.3, -0.25) is 4.79 Å². The van der Waals surface area contributed by atoms with Crippen molar-refractivity contribution in [2.45, 2.75) is 32.3 Å². The van der Waals surface area contributed by atoms with E-state index in [1.165, 1.54) is 0 Å². The molecule has 2 atom stereocenters. The Kier molecular flexibility index (Phi) is 7.16. The van der Waals surface area contributed by atoms with Crippen molar-refractivity contribution < 1.29 is 19.4 Å². The smallest absolute Gasteiger partial charge is 0.225 e. The number of hydrogen-bond donors (Lipinski definition) is 2. The maximum Gasteiger partial charge on any atom is 0.225 e. The third-order valence-electron chi connectivity index (χ3n) is 2.95. The Hall–Kier alpha value is -0.650. The number of carbonyl (C=O) groups excluding carboxylic acids is 1. The number of aliphatic hydroxyl groups is 1. The molecule has 0 radical (unpaired) electrons. The van der Waals surface area contributed by atoms with Crippen molar-refractivity contribution in [1.82, 2.24) is 5.32 Å². The number of amides is 1. The van der Waals surface area contributed by atoms with Gasteiger partial charge in [-0.05, 0) is 19.3 Å². The van der Waals surface area contributed by atoms with Crippen LogP contribution in [0, 0.1) is 5.92 Å². The van der Waals surface area contributed by atoms with Gasteiger partial charge >= 0.3 is 0 Å². The highest BCUT2D eigenvalue weighted by atomic mass is 16.5. The molecule has 1 saturated heterocycles. The van der Waals surface area contributed by atoms with Crippen LogP contribution in [0.2, 0.25) is 0 Å². The quantitative estimate of drug-likeness (QED) is 0.604. The molecule has 0 bridgehead atoms. The van der Waals surface area contributed by atoms with Gasteiger partial charge < -0.3 is 19.9 Å². The summed E-state index contributed by atoms with van der Waals surface area (Å²) >= 11 is 0. The van der Waals surface area contributed by atoms with Gasteiger partial charge in [-0.15, -0.1) is 0 Å². The van der Waals surface area contributed by atoms with Crippen LogP contribution in [-0.4, -0.2) is 50.1 Å². The first-order chi connectivity index (χ1) is 8.29. The van der Waals surface area contributed by atoms with Gasteiger partial charge in [0, 0.05) is 19.8 Å². The largest absolute Gasteiger partial charge is 0.394 e. The van der Waals surface area contributed by atoms with Crippen LogP contribution in [0.1, 0.15) is 26.2 Å². The second kappa shape index (κ2) is 8.44. The van der Waals surface area contributed by atoms with Gasteiger partial charge in [-0.25, -0.2) is 0 Å². The average molecular weight is 245 g/mol. The molecule has 100 valence electrons. The Morgan fingerprint density at radius 2 is 2.35 bits per heavy atom. The summed E-state index contributed by atoms with van der Waals surface area (Å²) < 4.78 is 10.6. The van der Waals surface area contributed by atoms with E-state index >= 15 is 0 Å². The third kappa shape index (κ3) is 5.02. The van der Waals surface area contributed by atoms with E-state index in [1.54, 1.807) is 0 Å². The van der Waals surface area contributed by atoms with E-state index in [-0.39, 0.29) is 24.5 Å². The van der Waals surface area contributed by atoms with Crippen molar-refractivity contribution in [3.8, 4) is 0 Å². The number of nitrogens with one attached hydrogen (secondary N) is 1. The first kappa shape index (κ1) is 14.4. The zero-order chi connectivity index (χ0) is 12.5. The van der Waals surface area contributed by atoms with Crippen molar-refractivity contribution >= 4 is 5.91 Å². The van der Waals surface area contributed by atoms with Crippen molar-refractivity contribution in [3.63, 3.8) is 0 Å². The fourth-order valence-electron chi connectivity index (χ4n) is 2.03. The number of carbonyl (C=O) groups is 1. The van der Waals surface area contributed by atoms with Crippen LogP contribution in [0.5, 0.6) is 0 Å². The van der Waals surface area contributed by atoms with E-state index in [0.717, 1.165) is 19.3 Å². The molecule has 1 amide bonds. The minimum absolute atomic E-state index is 0.0124. The summed E-state index contributed by atoms with van der Waals surface area (Å²) in [6, 6.07) is 0. The topological polar surface area (TPSA) is 67.8 Å². The van der Waals surface area contributed by atoms with Gasteiger partial charge in [-0.2, -0.15) is 0 Å². The van der Waals surface area contributed by atoms with E-state index in [4.69, 9.17) is 14.6 Å². The van der Waals surface area contributed by atoms with Gasteiger partial charge in [0.2, 0.25) is 5.91 Å². The van der Waals surface area contributed by atoms with Crippen LogP contribution in [0.3, 0.4) is 0 Å². The Balaban J connectivity index is 2.08. The van der Waals surface area contributed by atoms with E-state index in [9.17, 15) is 4.79 Å². The van der Waals surface area contributed by atoms with Crippen LogP contribution in [0.15, 0.2) is 0 Å². The van der Waals surface area contributed by atoms with Crippen LogP contribution >= 0.6 is 0 Å². The van der Waals surface area contributed by atoms with Crippen LogP contribution in [0.25, 0.3) is 0 Å². The van der Waals surface area contributed by atoms with Gasteiger partial charge in [0.05, 0.1) is 25.2 Å². The summed E-state index contributed by atoms with van der Waals surface area (Å²) in [6.45, 7) is 4.33. The number of ether oxygens (including phenoxy) is 2. The highest BCUT2D eigenvalue weighted by Crippen LogP contribution is 2.23. The second-order valence-corrected chi connectivity index (χ2v) is 4.19. The molecule has 1 fully saturated rings. The molecule has 0 spiro atoms. The molecule has 5 nitrogen and oxygen atoms in total. The zero-order valence-corrected chi connectivity index (χ0v) is 10.5. The lowest BCUT2D eigenvalue weighted by molar-refractivity contribution is -0.126. The van der Waals surface area contributed by atoms with Crippen molar-refractivity contribution in [2.24, 2.45) is 5.92 Å². The average Bonchev–Trinajstić information content (AvgIpc) is 2.81. The molecular formula is C12H23NO4. The van der Waals surface area contributed by atoms with Crippen molar-refractivity contribution in [1.29, 1.82) is 0 Å². The molecule has 5 heteroatoms. The van der Waals surface area contributed by atoms with Gasteiger partial charge in [-0.1, -0.05) is 6.92 Å². The maximum atomic E-state index is 11.8. The SMILES string of the molecule is CCC1OCCC1C(=O)NCCCOCCO. The van der Waals surface area contributed by atoms with Gasteiger partial charge in [0.1, 0.15) is 0 Å². The summed E-state index contributed by atoms with van der Waals surface area (Å²) in [5.74, 6) is 0.106. The molecule has 0 aliphatic carbocycles. The molecule has 0 aromatic heterocycles. The molecule has 2 N–H and O–H groups in total. The van der Waals surface area contributed by atoms with E-state index in [2.05, 4.69) is 5.32 Å². The summed E-state index contributed by atoms with van der Waals surface area (Å²) in [4.78, 5) is 11.8. The normalized spacial score (nSPS) is 23.9. The van der Waals surface area contributed by atoms with Crippen molar-refractivity contribution in [3.05, 3.63) is 0 Å². The standard InChI is InChI=1S/C12H23NO4/c1-2-11-10(4-8-17-11)12(15)13-5-3-7-16-9-6-14/h10-11,14H,2-9H2,1H3,(H,13,15). The third-order valence-corrected chi connectivity index (χ3v) is 2.95. The molecule has 2 unspecified atom stereocenters. The molecule has 0 saturated carbocycles. The summed E-state index contributed by atoms with van der Waals surface area (Å²) in [5.41, 5.74) is 0. The lowest BCUT2D eigenvalue weighted by Gasteiger charge is -2.16. The molecular weight excluding hydrogens is 222 g/mol. The Morgan fingerprint density at radius 3 is 3.06 bits per heavy atom. The fourth-order valence-corrected chi connectivity index (χ4v) is 2.03. The van der Waals surface area contributed by atoms with Crippen LogP contribution < -0.4 is 5.32 Å². The minimum Gasteiger partial charge on any atom is -0.394 e. The summed E-state index contributed by atoms with van der Waals surface area (Å²) in [7, 11) is 0. The molecule has 1 heterocycles. The first-order valence-corrected chi connectivity index (χ1v) is 6.37. The summed E-state index contributed by atoms with van der Waals surface area (Å²) in [5, 5.41) is 11.4. The maximum absolute atomic E-state index is 11.8. The zero-order valence-electron chi connectivity index (χ0n) is 10.5. The number of hydrogen-bond acceptors (Lipinski definition) is 4. The molecule has 0 aromatic carbocycles. The van der Waals surface area contributed by atoms with E-state index in [1.807, 2.05) is 6.92 Å². The summed E-state index contributed by atoms with van der Waals surface area (Å²) in [6.07, 6.45) is 2.57. The monoisotopic (exact) mass is 245 g/mol. The van der Waals surface area contributed by atoms with Gasteiger partial charge in [0.25, 0.3) is 0 Å². The van der Waals surface area contributed by atoms with E-state index in [0.29, 0.717) is 26.4 Å². The molecule has 1 aliphatic rings. The highest BCUT2D eigenvalue weighted by molar-refractivity contribution is 5.79. The lowest BCUT2D eigenvalue weighted by Crippen LogP contribution is -2.35. The molecule has 0 aromatic rings. The first-order valence-electron chi connectivity index (χ1n) is 6.37. The minimum atomic E-state index is 0.0124. The van der Waals surface area contributed by atoms with Gasteiger partial charge in [0.15, 0.2) is 0 Å². The molecule has 17 heavy (non-hydrogen) atoms. The second-order valence-electron chi connectivity index (χ2n) is 4.19.